The minimum atomic E-state index is 0. The van der Waals surface area contributed by atoms with Gasteiger partial charge in [0.05, 0.1) is 0 Å². The Labute approximate surface area is 124 Å². The van der Waals surface area contributed by atoms with Gasteiger partial charge in [-0.1, -0.05) is 45.9 Å². The van der Waals surface area contributed by atoms with Crippen molar-refractivity contribution in [2.75, 3.05) is 0 Å². The average Bonchev–Trinajstić information content (AvgIpc) is 2.50. The minimum absolute atomic E-state index is 0. The van der Waals surface area contributed by atoms with E-state index >= 15 is 0 Å². The van der Waals surface area contributed by atoms with Crippen molar-refractivity contribution in [3.8, 4) is 11.3 Å². The summed E-state index contributed by atoms with van der Waals surface area (Å²) in [6.45, 7) is 4.47. The van der Waals surface area contributed by atoms with Gasteiger partial charge in [0.1, 0.15) is 0 Å². The summed E-state index contributed by atoms with van der Waals surface area (Å²) < 4.78 is 1.14. The molecular formula is C14H11BrNPt-. The molecule has 1 aliphatic rings. The molecule has 0 spiro atoms. The SMILES string of the molecule is CC1(C)c2cccnc2-c2[c-]ccc(Br)c21.[Pt]. The van der Waals surface area contributed by atoms with Crippen molar-refractivity contribution in [3.05, 3.63) is 52.1 Å². The van der Waals surface area contributed by atoms with E-state index in [0.29, 0.717) is 0 Å². The third-order valence-electron chi connectivity index (χ3n) is 3.29. The van der Waals surface area contributed by atoms with E-state index in [1.807, 2.05) is 24.4 Å². The molecule has 90 valence electrons. The zero-order valence-corrected chi connectivity index (χ0v) is 13.4. The third-order valence-corrected chi connectivity index (χ3v) is 3.95. The molecule has 0 amide bonds. The van der Waals surface area contributed by atoms with Gasteiger partial charge in [-0.3, -0.25) is 0 Å². The molecule has 1 aliphatic carbocycles. The quantitative estimate of drug-likeness (QED) is 0.534. The third kappa shape index (κ3) is 1.73. The number of rotatable bonds is 0. The first-order valence-corrected chi connectivity index (χ1v) is 6.08. The molecule has 0 N–H and O–H groups in total. The second-order valence-electron chi connectivity index (χ2n) is 4.60. The van der Waals surface area contributed by atoms with Crippen LogP contribution in [-0.2, 0) is 26.5 Å². The topological polar surface area (TPSA) is 12.9 Å². The first-order valence-electron chi connectivity index (χ1n) is 5.29. The molecule has 1 nitrogen and oxygen atoms in total. The monoisotopic (exact) mass is 467 g/mol. The van der Waals surface area contributed by atoms with Crippen LogP contribution in [-0.4, -0.2) is 4.98 Å². The average molecular weight is 468 g/mol. The van der Waals surface area contributed by atoms with Crippen molar-refractivity contribution < 1.29 is 21.1 Å². The van der Waals surface area contributed by atoms with Gasteiger partial charge in [0.15, 0.2) is 0 Å². The van der Waals surface area contributed by atoms with Crippen molar-refractivity contribution in [2.45, 2.75) is 19.3 Å². The van der Waals surface area contributed by atoms with Crippen LogP contribution in [0.4, 0.5) is 0 Å². The molecule has 1 aromatic carbocycles. The molecule has 0 atom stereocenters. The maximum absolute atomic E-state index is 4.49. The van der Waals surface area contributed by atoms with Gasteiger partial charge in [-0.25, -0.2) is 0 Å². The molecule has 1 aromatic heterocycles. The Kier molecular flexibility index (Phi) is 3.31. The summed E-state index contributed by atoms with van der Waals surface area (Å²) in [6.07, 6.45) is 1.85. The van der Waals surface area contributed by atoms with Crippen molar-refractivity contribution in [1.29, 1.82) is 0 Å². The van der Waals surface area contributed by atoms with Crippen molar-refractivity contribution >= 4 is 15.9 Å². The Bertz CT molecular complexity index is 578. The van der Waals surface area contributed by atoms with Crippen LogP contribution in [0.2, 0.25) is 0 Å². The first kappa shape index (κ1) is 13.0. The predicted molar refractivity (Wildman–Crippen MR) is 68.3 cm³/mol. The second-order valence-corrected chi connectivity index (χ2v) is 5.45. The van der Waals surface area contributed by atoms with E-state index in [2.05, 4.69) is 46.9 Å². The largest absolute Gasteiger partial charge is 0.304 e. The van der Waals surface area contributed by atoms with E-state index in [0.717, 1.165) is 15.7 Å². The van der Waals surface area contributed by atoms with Crippen molar-refractivity contribution in [3.63, 3.8) is 0 Å². The standard InChI is InChI=1S/C14H11BrN.Pt/c1-14(2)10-6-4-8-16-13(10)9-5-3-7-11(15)12(9)14;/h3-4,6-8H,1-2H3;/q-1;. The van der Waals surface area contributed by atoms with Gasteiger partial charge < -0.3 is 4.98 Å². The molecule has 3 heteroatoms. The van der Waals surface area contributed by atoms with Crippen LogP contribution in [0, 0.1) is 6.07 Å². The molecule has 0 radical (unpaired) electrons. The maximum atomic E-state index is 4.49. The minimum Gasteiger partial charge on any atom is -0.304 e. The van der Waals surface area contributed by atoms with E-state index in [9.17, 15) is 0 Å². The Morgan fingerprint density at radius 3 is 2.82 bits per heavy atom. The van der Waals surface area contributed by atoms with Gasteiger partial charge in [0.25, 0.3) is 0 Å². The Morgan fingerprint density at radius 1 is 1.29 bits per heavy atom. The molecular weight excluding hydrogens is 457 g/mol. The number of halogens is 1. The van der Waals surface area contributed by atoms with Gasteiger partial charge in [0.2, 0.25) is 0 Å². The zero-order chi connectivity index (χ0) is 11.3. The fraction of sp³-hybridized carbons (Fsp3) is 0.214. The molecule has 1 heterocycles. The smallest absolute Gasteiger partial charge is 0.0160 e. The second kappa shape index (κ2) is 4.33. The summed E-state index contributed by atoms with van der Waals surface area (Å²) in [5.41, 5.74) is 4.80. The predicted octanol–water partition coefficient (Wildman–Crippen LogP) is 3.95. The van der Waals surface area contributed by atoms with Crippen LogP contribution in [0.5, 0.6) is 0 Å². The number of benzene rings is 1. The molecule has 0 aliphatic heterocycles. The summed E-state index contributed by atoms with van der Waals surface area (Å²) in [7, 11) is 0. The maximum Gasteiger partial charge on any atom is 0.0160 e. The van der Waals surface area contributed by atoms with E-state index in [1.54, 1.807) is 0 Å². The van der Waals surface area contributed by atoms with Crippen LogP contribution < -0.4 is 0 Å². The molecule has 17 heavy (non-hydrogen) atoms. The van der Waals surface area contributed by atoms with E-state index in [4.69, 9.17) is 0 Å². The van der Waals surface area contributed by atoms with Gasteiger partial charge in [-0.2, -0.15) is 0 Å². The first-order chi connectivity index (χ1) is 7.62. The summed E-state index contributed by atoms with van der Waals surface area (Å²) >= 11 is 3.63. The molecule has 0 fully saturated rings. The number of aromatic nitrogens is 1. The molecule has 0 bridgehead atoms. The van der Waals surface area contributed by atoms with Crippen molar-refractivity contribution in [1.82, 2.24) is 4.98 Å². The molecule has 2 aromatic rings. The number of hydrogen-bond donors (Lipinski definition) is 0. The normalized spacial score (nSPS) is 14.8. The summed E-state index contributed by atoms with van der Waals surface area (Å²) in [5, 5.41) is 0. The van der Waals surface area contributed by atoms with Crippen LogP contribution in [0.15, 0.2) is 34.9 Å². The van der Waals surface area contributed by atoms with Gasteiger partial charge >= 0.3 is 0 Å². The molecule has 3 rings (SSSR count). The van der Waals surface area contributed by atoms with E-state index in [1.165, 1.54) is 11.1 Å². The number of hydrogen-bond acceptors (Lipinski definition) is 1. The Balaban J connectivity index is 0.00000108. The van der Waals surface area contributed by atoms with Crippen LogP contribution in [0.25, 0.3) is 11.3 Å². The Morgan fingerprint density at radius 2 is 2.06 bits per heavy atom. The van der Waals surface area contributed by atoms with Crippen LogP contribution >= 0.6 is 15.9 Å². The summed E-state index contributed by atoms with van der Waals surface area (Å²) in [6, 6.07) is 11.5. The number of nitrogens with zero attached hydrogens (tertiary/aromatic N) is 1. The van der Waals surface area contributed by atoms with Gasteiger partial charge in [-0.05, 0) is 17.2 Å². The van der Waals surface area contributed by atoms with Gasteiger partial charge in [-0.15, -0.1) is 29.3 Å². The van der Waals surface area contributed by atoms with Gasteiger partial charge in [0, 0.05) is 27.3 Å². The number of pyridine rings is 1. The van der Waals surface area contributed by atoms with Crippen LogP contribution in [0.1, 0.15) is 25.0 Å². The molecule has 0 unspecified atom stereocenters. The van der Waals surface area contributed by atoms with Crippen molar-refractivity contribution in [2.24, 2.45) is 0 Å². The zero-order valence-electron chi connectivity index (χ0n) is 9.53. The van der Waals surface area contributed by atoms with Crippen LogP contribution in [0.3, 0.4) is 0 Å². The Hall–Kier alpha value is -0.462. The number of fused-ring (bicyclic) bond motifs is 3. The fourth-order valence-corrected chi connectivity index (χ4v) is 3.34. The molecule has 0 saturated carbocycles. The molecule has 0 saturated heterocycles. The van der Waals surface area contributed by atoms with E-state index in [-0.39, 0.29) is 26.5 Å². The fourth-order valence-electron chi connectivity index (χ4n) is 2.51. The van der Waals surface area contributed by atoms with E-state index < -0.39 is 0 Å². The summed E-state index contributed by atoms with van der Waals surface area (Å²) in [4.78, 5) is 4.49. The summed E-state index contributed by atoms with van der Waals surface area (Å²) in [5.74, 6) is 0.